The lowest BCUT2D eigenvalue weighted by molar-refractivity contribution is -0.119. The number of anilines is 1. The molecule has 1 aromatic heterocycles. The highest BCUT2D eigenvalue weighted by molar-refractivity contribution is 7.91. The fraction of sp³-hybridized carbons (Fsp3) is 0.583. The Labute approximate surface area is 122 Å². The fourth-order valence-electron chi connectivity index (χ4n) is 2.28. The van der Waals surface area contributed by atoms with E-state index in [1.54, 1.807) is 0 Å². The van der Waals surface area contributed by atoms with Crippen LogP contribution in [0.2, 0.25) is 0 Å². The van der Waals surface area contributed by atoms with E-state index in [9.17, 15) is 18.0 Å². The first kappa shape index (κ1) is 15.5. The first-order valence-corrected chi connectivity index (χ1v) is 8.49. The Balaban J connectivity index is 2.21. The molecule has 0 radical (unpaired) electrons. The molecule has 21 heavy (non-hydrogen) atoms. The molecular formula is C12H18N4O4S. The van der Waals surface area contributed by atoms with Gasteiger partial charge in [-0.2, -0.15) is 5.10 Å². The van der Waals surface area contributed by atoms with Gasteiger partial charge in [-0.1, -0.05) is 0 Å². The van der Waals surface area contributed by atoms with Crippen LogP contribution in [0.5, 0.6) is 0 Å². The van der Waals surface area contributed by atoms with E-state index >= 15 is 0 Å². The molecule has 1 fully saturated rings. The van der Waals surface area contributed by atoms with Gasteiger partial charge in [0, 0.05) is 13.6 Å². The van der Waals surface area contributed by atoms with Gasteiger partial charge < -0.3 is 10.6 Å². The fourth-order valence-corrected chi connectivity index (χ4v) is 4.02. The van der Waals surface area contributed by atoms with Crippen LogP contribution in [0.1, 0.15) is 23.7 Å². The number of aromatic nitrogens is 2. The Morgan fingerprint density at radius 3 is 2.71 bits per heavy atom. The molecule has 1 aromatic rings. The van der Waals surface area contributed by atoms with Crippen molar-refractivity contribution >= 4 is 27.5 Å². The quantitative estimate of drug-likeness (QED) is 0.788. The molecule has 2 N–H and O–H groups in total. The third kappa shape index (κ3) is 3.23. The molecule has 116 valence electrons. The predicted octanol–water partition coefficient (Wildman–Crippen LogP) is -0.364. The number of carbonyl (C=O) groups is 2. The Bertz CT molecular complexity index is 665. The van der Waals surface area contributed by atoms with E-state index in [-0.39, 0.29) is 23.0 Å². The van der Waals surface area contributed by atoms with Crippen LogP contribution in [-0.2, 0) is 21.2 Å². The number of amides is 2. The Kier molecular flexibility index (Phi) is 4.31. The molecule has 1 saturated heterocycles. The van der Waals surface area contributed by atoms with Gasteiger partial charge in [0.2, 0.25) is 5.91 Å². The Morgan fingerprint density at radius 1 is 1.48 bits per heavy atom. The minimum absolute atomic E-state index is 0.0282. The van der Waals surface area contributed by atoms with Crippen LogP contribution in [0, 0.1) is 5.92 Å². The zero-order valence-corrected chi connectivity index (χ0v) is 12.7. The summed E-state index contributed by atoms with van der Waals surface area (Å²) in [7, 11) is -1.64. The first-order chi connectivity index (χ1) is 9.88. The van der Waals surface area contributed by atoms with E-state index in [0.29, 0.717) is 18.8 Å². The van der Waals surface area contributed by atoms with Crippen LogP contribution >= 0.6 is 0 Å². The number of sulfone groups is 1. The van der Waals surface area contributed by atoms with Crippen molar-refractivity contribution < 1.29 is 18.0 Å². The van der Waals surface area contributed by atoms with Crippen LogP contribution < -0.4 is 10.6 Å². The second kappa shape index (κ2) is 5.84. The summed E-state index contributed by atoms with van der Waals surface area (Å²) in [6.45, 7) is 2.31. The summed E-state index contributed by atoms with van der Waals surface area (Å²) >= 11 is 0. The van der Waals surface area contributed by atoms with Gasteiger partial charge in [0.1, 0.15) is 11.4 Å². The minimum atomic E-state index is -3.13. The largest absolute Gasteiger partial charge is 0.355 e. The normalized spacial score (nSPS) is 20.2. The van der Waals surface area contributed by atoms with Crippen LogP contribution in [0.15, 0.2) is 6.20 Å². The maximum Gasteiger partial charge on any atom is 0.256 e. The molecule has 0 saturated carbocycles. The number of hydrogen-bond donors (Lipinski definition) is 2. The lowest BCUT2D eigenvalue weighted by atomic mass is 10.1. The highest BCUT2D eigenvalue weighted by Crippen LogP contribution is 2.22. The van der Waals surface area contributed by atoms with Gasteiger partial charge in [-0.25, -0.2) is 13.1 Å². The zero-order valence-electron chi connectivity index (χ0n) is 11.9. The smallest absolute Gasteiger partial charge is 0.256 e. The van der Waals surface area contributed by atoms with Gasteiger partial charge in [-0.3, -0.25) is 9.59 Å². The molecule has 0 aromatic carbocycles. The topological polar surface area (TPSA) is 110 Å². The molecule has 9 heteroatoms. The highest BCUT2D eigenvalue weighted by Gasteiger charge is 2.33. The van der Waals surface area contributed by atoms with Crippen molar-refractivity contribution in [2.45, 2.75) is 19.9 Å². The maximum atomic E-state index is 12.2. The highest BCUT2D eigenvalue weighted by atomic mass is 32.2. The Hall–Kier alpha value is -1.90. The number of carbonyl (C=O) groups excluding carboxylic acids is 2. The molecule has 8 nitrogen and oxygen atoms in total. The molecular weight excluding hydrogens is 296 g/mol. The number of nitrogens with one attached hydrogen (secondary N) is 2. The number of nitrogens with zero attached hydrogens (tertiary/aromatic N) is 2. The number of aryl methyl sites for hydroxylation is 1. The van der Waals surface area contributed by atoms with Crippen molar-refractivity contribution in [2.75, 3.05) is 23.9 Å². The third-order valence-corrected chi connectivity index (χ3v) is 5.22. The van der Waals surface area contributed by atoms with E-state index in [1.165, 1.54) is 17.9 Å². The van der Waals surface area contributed by atoms with Gasteiger partial charge >= 0.3 is 0 Å². The van der Waals surface area contributed by atoms with E-state index in [4.69, 9.17) is 0 Å². The van der Waals surface area contributed by atoms with E-state index in [1.807, 2.05) is 6.92 Å². The second-order valence-corrected chi connectivity index (χ2v) is 7.12. The molecule has 2 amide bonds. The monoisotopic (exact) mass is 314 g/mol. The molecule has 1 aliphatic heterocycles. The van der Waals surface area contributed by atoms with Gasteiger partial charge in [0.05, 0.1) is 23.6 Å². The Morgan fingerprint density at radius 2 is 2.19 bits per heavy atom. The summed E-state index contributed by atoms with van der Waals surface area (Å²) in [5, 5.41) is 9.15. The van der Waals surface area contributed by atoms with Gasteiger partial charge in [-0.05, 0) is 13.3 Å². The van der Waals surface area contributed by atoms with E-state index in [2.05, 4.69) is 15.7 Å². The van der Waals surface area contributed by atoms with E-state index in [0.717, 1.165) is 0 Å². The predicted molar refractivity (Wildman–Crippen MR) is 76.7 cm³/mol. The van der Waals surface area contributed by atoms with Crippen molar-refractivity contribution in [1.82, 2.24) is 15.1 Å². The summed E-state index contributed by atoms with van der Waals surface area (Å²) in [6, 6.07) is 0. The summed E-state index contributed by atoms with van der Waals surface area (Å²) in [6.07, 6.45) is 1.69. The lowest BCUT2D eigenvalue weighted by Crippen LogP contribution is -2.27. The van der Waals surface area contributed by atoms with Crippen LogP contribution in [0.25, 0.3) is 0 Å². The second-order valence-electron chi connectivity index (χ2n) is 4.89. The molecule has 1 unspecified atom stereocenters. The number of hydrogen-bond acceptors (Lipinski definition) is 5. The molecule has 2 rings (SSSR count). The molecule has 2 heterocycles. The van der Waals surface area contributed by atoms with Crippen molar-refractivity contribution in [2.24, 2.45) is 5.92 Å². The number of rotatable bonds is 4. The van der Waals surface area contributed by atoms with Gasteiger partial charge in [0.15, 0.2) is 9.84 Å². The summed E-state index contributed by atoms with van der Waals surface area (Å²) < 4.78 is 24.4. The van der Waals surface area contributed by atoms with Crippen molar-refractivity contribution in [1.29, 1.82) is 0 Å². The van der Waals surface area contributed by atoms with Gasteiger partial charge in [-0.15, -0.1) is 0 Å². The standard InChI is InChI=1S/C12H18N4O4S/c1-3-16-10(9(6-14-16)12(18)13-2)15-11(17)8-4-5-21(19,20)7-8/h6,8H,3-5,7H2,1-2H3,(H,13,18)(H,15,17). The maximum absolute atomic E-state index is 12.2. The van der Waals surface area contributed by atoms with Crippen LogP contribution in [-0.4, -0.2) is 48.6 Å². The molecule has 0 spiro atoms. The van der Waals surface area contributed by atoms with Crippen LogP contribution in [0.4, 0.5) is 5.82 Å². The van der Waals surface area contributed by atoms with Crippen molar-refractivity contribution in [3.63, 3.8) is 0 Å². The summed E-state index contributed by atoms with van der Waals surface area (Å²) in [4.78, 5) is 23.9. The molecule has 0 aliphatic carbocycles. The average Bonchev–Trinajstić information content (AvgIpc) is 3.01. The van der Waals surface area contributed by atoms with Crippen molar-refractivity contribution in [3.8, 4) is 0 Å². The lowest BCUT2D eigenvalue weighted by Gasteiger charge is -2.12. The van der Waals surface area contributed by atoms with Crippen molar-refractivity contribution in [3.05, 3.63) is 11.8 Å². The first-order valence-electron chi connectivity index (χ1n) is 6.67. The van der Waals surface area contributed by atoms with E-state index < -0.39 is 21.7 Å². The van der Waals surface area contributed by atoms with Crippen LogP contribution in [0.3, 0.4) is 0 Å². The molecule has 0 bridgehead atoms. The zero-order chi connectivity index (χ0) is 15.6. The molecule has 1 aliphatic rings. The third-order valence-electron chi connectivity index (χ3n) is 3.46. The molecule has 1 atom stereocenters. The average molecular weight is 314 g/mol. The summed E-state index contributed by atoms with van der Waals surface area (Å²) in [5.41, 5.74) is 0.258. The van der Waals surface area contributed by atoms with Gasteiger partial charge in [0.25, 0.3) is 5.91 Å². The minimum Gasteiger partial charge on any atom is -0.355 e. The SMILES string of the molecule is CCn1ncc(C(=O)NC)c1NC(=O)C1CCS(=O)(=O)C1. The summed E-state index contributed by atoms with van der Waals surface area (Å²) in [5.74, 6) is -1.14.